The molecule has 2 aromatic rings. The number of rotatable bonds is 6. The largest absolute Gasteiger partial charge is 0.494 e. The van der Waals surface area contributed by atoms with E-state index in [1.165, 1.54) is 19.2 Å². The molecule has 0 radical (unpaired) electrons. The van der Waals surface area contributed by atoms with Gasteiger partial charge in [-0.25, -0.2) is 17.6 Å². The molecule has 0 heterocycles. The van der Waals surface area contributed by atoms with Crippen molar-refractivity contribution in [1.29, 1.82) is 0 Å². The number of quaternary nitrogens is 1. The first kappa shape index (κ1) is 18.7. The van der Waals surface area contributed by atoms with E-state index in [1.807, 2.05) is 0 Å². The van der Waals surface area contributed by atoms with Crippen molar-refractivity contribution >= 4 is 11.6 Å². The summed E-state index contributed by atoms with van der Waals surface area (Å²) in [5.41, 5.74) is 0.204. The summed E-state index contributed by atoms with van der Waals surface area (Å²) in [5.74, 6) is -5.42. The van der Waals surface area contributed by atoms with Gasteiger partial charge in [-0.1, -0.05) is 0 Å². The number of hydrogen-bond acceptors (Lipinski definition) is 2. The van der Waals surface area contributed by atoms with Crippen LogP contribution in [0, 0.1) is 23.3 Å². The molecule has 0 saturated carbocycles. The van der Waals surface area contributed by atoms with E-state index in [0.29, 0.717) is 17.0 Å². The van der Waals surface area contributed by atoms with Gasteiger partial charge in [0, 0.05) is 5.56 Å². The average Bonchev–Trinajstić information content (AvgIpc) is 2.55. The lowest BCUT2D eigenvalue weighted by molar-refractivity contribution is -0.885. The highest BCUT2D eigenvalue weighted by Gasteiger charge is 2.17. The van der Waals surface area contributed by atoms with Crippen LogP contribution in [0.15, 0.2) is 30.3 Å². The Labute approximate surface area is 142 Å². The van der Waals surface area contributed by atoms with Gasteiger partial charge in [0.2, 0.25) is 0 Å². The van der Waals surface area contributed by atoms with Crippen molar-refractivity contribution in [3.8, 4) is 5.75 Å². The second-order valence-electron chi connectivity index (χ2n) is 5.55. The van der Waals surface area contributed by atoms with Crippen molar-refractivity contribution in [3.63, 3.8) is 0 Å². The SMILES string of the molecule is COc1ccc(C[NH+](C)CC(=O)Nc2ccc(F)c(F)c2F)cc1F. The van der Waals surface area contributed by atoms with Gasteiger partial charge in [-0.15, -0.1) is 0 Å². The lowest BCUT2D eigenvalue weighted by Crippen LogP contribution is -3.08. The molecule has 0 saturated heterocycles. The number of ether oxygens (including phenoxy) is 1. The molecule has 2 N–H and O–H groups in total. The molecule has 134 valence electrons. The number of carbonyl (C=O) groups excluding carboxylic acids is 1. The first-order chi connectivity index (χ1) is 11.8. The predicted molar refractivity (Wildman–Crippen MR) is 83.4 cm³/mol. The third-order valence-electron chi connectivity index (χ3n) is 3.49. The van der Waals surface area contributed by atoms with E-state index in [9.17, 15) is 22.4 Å². The fourth-order valence-corrected chi connectivity index (χ4v) is 2.32. The fraction of sp³-hybridized carbons (Fsp3) is 0.235. The minimum Gasteiger partial charge on any atom is -0.494 e. The van der Waals surface area contributed by atoms with Crippen LogP contribution in [0.25, 0.3) is 0 Å². The van der Waals surface area contributed by atoms with E-state index in [4.69, 9.17) is 4.74 Å². The lowest BCUT2D eigenvalue weighted by Gasteiger charge is -2.15. The van der Waals surface area contributed by atoms with Crippen LogP contribution in [-0.2, 0) is 11.3 Å². The molecule has 0 aliphatic heterocycles. The zero-order chi connectivity index (χ0) is 18.6. The Balaban J connectivity index is 1.96. The van der Waals surface area contributed by atoms with Crippen molar-refractivity contribution in [3.05, 3.63) is 59.2 Å². The zero-order valence-electron chi connectivity index (χ0n) is 13.6. The number of hydrogen-bond donors (Lipinski definition) is 2. The first-order valence-corrected chi connectivity index (χ1v) is 7.39. The summed E-state index contributed by atoms with van der Waals surface area (Å²) < 4.78 is 58.0. The summed E-state index contributed by atoms with van der Waals surface area (Å²) in [5, 5.41) is 2.19. The Morgan fingerprint density at radius 2 is 1.80 bits per heavy atom. The molecule has 2 aromatic carbocycles. The van der Waals surface area contributed by atoms with E-state index in [0.717, 1.165) is 12.1 Å². The maximum atomic E-state index is 13.6. The maximum Gasteiger partial charge on any atom is 0.279 e. The van der Waals surface area contributed by atoms with Gasteiger partial charge in [0.15, 0.2) is 35.6 Å². The lowest BCUT2D eigenvalue weighted by atomic mass is 10.2. The molecule has 8 heteroatoms. The molecule has 1 unspecified atom stereocenters. The van der Waals surface area contributed by atoms with Crippen molar-refractivity contribution < 1.29 is 32.0 Å². The Hall–Kier alpha value is -2.61. The second kappa shape index (κ2) is 7.98. The van der Waals surface area contributed by atoms with Crippen molar-refractivity contribution in [1.82, 2.24) is 0 Å². The first-order valence-electron chi connectivity index (χ1n) is 7.39. The number of anilines is 1. The van der Waals surface area contributed by atoms with Crippen LogP contribution in [0.4, 0.5) is 23.2 Å². The Bertz CT molecular complexity index is 783. The number of carbonyl (C=O) groups is 1. The van der Waals surface area contributed by atoms with Crippen LogP contribution >= 0.6 is 0 Å². The van der Waals surface area contributed by atoms with Gasteiger partial charge in [-0.2, -0.15) is 0 Å². The smallest absolute Gasteiger partial charge is 0.279 e. The molecule has 2 rings (SSSR count). The highest BCUT2D eigenvalue weighted by Crippen LogP contribution is 2.19. The third kappa shape index (κ3) is 4.69. The Morgan fingerprint density at radius 1 is 1.08 bits per heavy atom. The summed E-state index contributed by atoms with van der Waals surface area (Å²) >= 11 is 0. The monoisotopic (exact) mass is 357 g/mol. The van der Waals surface area contributed by atoms with Gasteiger partial charge in [0.1, 0.15) is 6.54 Å². The summed E-state index contributed by atoms with van der Waals surface area (Å²) in [6.45, 7) is 0.251. The zero-order valence-corrected chi connectivity index (χ0v) is 13.6. The van der Waals surface area contributed by atoms with E-state index in [-0.39, 0.29) is 12.3 Å². The van der Waals surface area contributed by atoms with Gasteiger partial charge in [-0.3, -0.25) is 4.79 Å². The molecule has 0 aromatic heterocycles. The van der Waals surface area contributed by atoms with E-state index < -0.39 is 34.9 Å². The van der Waals surface area contributed by atoms with Gasteiger partial charge >= 0.3 is 0 Å². The summed E-state index contributed by atoms with van der Waals surface area (Å²) in [6.07, 6.45) is 0. The van der Waals surface area contributed by atoms with Crippen LogP contribution in [0.1, 0.15) is 5.56 Å². The van der Waals surface area contributed by atoms with Crippen LogP contribution in [0.5, 0.6) is 5.75 Å². The van der Waals surface area contributed by atoms with Crippen LogP contribution in [0.2, 0.25) is 0 Å². The van der Waals surface area contributed by atoms with Crippen molar-refractivity contribution in [2.45, 2.75) is 6.54 Å². The maximum absolute atomic E-state index is 13.6. The molecule has 25 heavy (non-hydrogen) atoms. The topological polar surface area (TPSA) is 42.8 Å². The highest BCUT2D eigenvalue weighted by molar-refractivity contribution is 5.91. The third-order valence-corrected chi connectivity index (χ3v) is 3.49. The summed E-state index contributed by atoms with van der Waals surface area (Å²) in [6, 6.07) is 6.12. The fourth-order valence-electron chi connectivity index (χ4n) is 2.32. The standard InChI is InChI=1S/C17H16F4N2O2/c1-23(8-10-3-6-14(25-2)12(19)7-10)9-15(24)22-13-5-4-11(18)16(20)17(13)21/h3-7H,8-9H2,1-2H3,(H,22,24)/p+1. The van der Waals surface area contributed by atoms with E-state index in [2.05, 4.69) is 5.32 Å². The average molecular weight is 357 g/mol. The number of halogens is 4. The summed E-state index contributed by atoms with van der Waals surface area (Å²) in [4.78, 5) is 12.6. The van der Waals surface area contributed by atoms with Crippen LogP contribution in [-0.4, -0.2) is 26.6 Å². The Morgan fingerprint density at radius 3 is 2.44 bits per heavy atom. The second-order valence-corrected chi connectivity index (χ2v) is 5.55. The number of amides is 1. The number of methoxy groups -OCH3 is 1. The summed E-state index contributed by atoms with van der Waals surface area (Å²) in [7, 11) is 3.04. The molecule has 1 amide bonds. The van der Waals surface area contributed by atoms with Gasteiger partial charge in [0.05, 0.1) is 19.8 Å². The van der Waals surface area contributed by atoms with Crippen molar-refractivity contribution in [2.75, 3.05) is 26.0 Å². The van der Waals surface area contributed by atoms with Crippen molar-refractivity contribution in [2.24, 2.45) is 0 Å². The van der Waals surface area contributed by atoms with E-state index >= 15 is 0 Å². The molecule has 0 aliphatic carbocycles. The molecule has 0 spiro atoms. The van der Waals surface area contributed by atoms with Gasteiger partial charge < -0.3 is 15.0 Å². The van der Waals surface area contributed by atoms with Crippen LogP contribution in [0.3, 0.4) is 0 Å². The molecular weight excluding hydrogens is 340 g/mol. The number of benzene rings is 2. The molecule has 4 nitrogen and oxygen atoms in total. The number of likely N-dealkylation sites (N-methyl/N-ethyl adjacent to an activating group) is 1. The van der Waals surface area contributed by atoms with Gasteiger partial charge in [-0.05, 0) is 30.3 Å². The Kier molecular flexibility index (Phi) is 5.97. The predicted octanol–water partition coefficient (Wildman–Crippen LogP) is 1.90. The minimum atomic E-state index is -1.65. The molecule has 0 fully saturated rings. The highest BCUT2D eigenvalue weighted by atomic mass is 19.2. The molecule has 0 bridgehead atoms. The van der Waals surface area contributed by atoms with Gasteiger partial charge in [0.25, 0.3) is 5.91 Å². The van der Waals surface area contributed by atoms with E-state index in [1.54, 1.807) is 13.1 Å². The molecule has 1 atom stereocenters. The van der Waals surface area contributed by atoms with Crippen LogP contribution < -0.4 is 15.0 Å². The molecule has 0 aliphatic rings. The number of nitrogens with one attached hydrogen (secondary N) is 2. The quantitative estimate of drug-likeness (QED) is 0.613. The molecular formula is C17H17F4N2O2+. The minimum absolute atomic E-state index is 0.0773. The normalized spacial score (nSPS) is 11.9.